The average Bonchev–Trinajstić information content (AvgIpc) is 2.27. The van der Waals surface area contributed by atoms with Gasteiger partial charge in [-0.15, -0.1) is 0 Å². The normalized spacial score (nSPS) is 26.4. The van der Waals surface area contributed by atoms with Gasteiger partial charge in [0.2, 0.25) is 5.91 Å². The van der Waals surface area contributed by atoms with E-state index in [9.17, 15) is 4.79 Å². The summed E-state index contributed by atoms with van der Waals surface area (Å²) in [5.74, 6) is 0.479. The van der Waals surface area contributed by atoms with Crippen molar-refractivity contribution < 1.29 is 4.79 Å². The molecule has 0 aromatic heterocycles. The maximum Gasteiger partial charge on any atom is 0.223 e. The Hall–Kier alpha value is -0.530. The van der Waals surface area contributed by atoms with Gasteiger partial charge in [0.05, 0.1) is 0 Å². The maximum atomic E-state index is 11.8. The lowest BCUT2D eigenvalue weighted by Crippen LogP contribution is -2.39. The molecule has 1 saturated carbocycles. The highest BCUT2D eigenvalue weighted by molar-refractivity contribution is 5.79. The highest BCUT2D eigenvalue weighted by atomic mass is 16.2. The Morgan fingerprint density at radius 1 is 1.46 bits per heavy atom. The van der Waals surface area contributed by atoms with Crippen molar-refractivity contribution in [3.8, 4) is 0 Å². The average molecular weight is 183 g/mol. The molecule has 1 N–H and O–H groups in total. The summed E-state index contributed by atoms with van der Waals surface area (Å²) in [5, 5.41) is 3.00. The molecule has 0 saturated heterocycles. The third-order valence-corrected chi connectivity index (χ3v) is 3.00. The molecule has 0 aromatic carbocycles. The summed E-state index contributed by atoms with van der Waals surface area (Å²) in [4.78, 5) is 11.8. The zero-order chi connectivity index (χ0) is 10.1. The summed E-state index contributed by atoms with van der Waals surface area (Å²) in [7, 11) is 0. The van der Waals surface area contributed by atoms with Crippen LogP contribution in [0.4, 0.5) is 0 Å². The molecule has 0 spiro atoms. The maximum absolute atomic E-state index is 11.8. The third-order valence-electron chi connectivity index (χ3n) is 3.00. The van der Waals surface area contributed by atoms with E-state index < -0.39 is 0 Å². The molecule has 13 heavy (non-hydrogen) atoms. The topological polar surface area (TPSA) is 29.1 Å². The van der Waals surface area contributed by atoms with Crippen LogP contribution in [0.25, 0.3) is 0 Å². The molecular weight excluding hydrogens is 162 g/mol. The number of carbonyl (C=O) groups excluding carboxylic acids is 1. The van der Waals surface area contributed by atoms with E-state index in [1.54, 1.807) is 0 Å². The summed E-state index contributed by atoms with van der Waals surface area (Å²) in [6.07, 6.45) is 3.44. The van der Waals surface area contributed by atoms with Crippen LogP contribution in [0.3, 0.4) is 0 Å². The Labute approximate surface area is 81.1 Å². The zero-order valence-corrected chi connectivity index (χ0v) is 9.18. The second-order valence-electron chi connectivity index (χ2n) is 5.10. The quantitative estimate of drug-likeness (QED) is 0.699. The van der Waals surface area contributed by atoms with Crippen LogP contribution < -0.4 is 5.32 Å². The highest BCUT2D eigenvalue weighted by Gasteiger charge is 2.39. The first kappa shape index (κ1) is 10.6. The largest absolute Gasteiger partial charge is 0.354 e. The molecule has 76 valence electrons. The lowest BCUT2D eigenvalue weighted by atomic mass is 9.81. The number of amides is 1. The van der Waals surface area contributed by atoms with Crippen LogP contribution in [-0.4, -0.2) is 11.9 Å². The van der Waals surface area contributed by atoms with Crippen molar-refractivity contribution in [2.75, 3.05) is 0 Å². The van der Waals surface area contributed by atoms with Crippen LogP contribution in [-0.2, 0) is 4.79 Å². The van der Waals surface area contributed by atoms with Crippen LogP contribution in [0.1, 0.15) is 47.0 Å². The number of rotatable bonds is 2. The van der Waals surface area contributed by atoms with Crippen molar-refractivity contribution in [2.45, 2.75) is 53.0 Å². The molecule has 0 aromatic rings. The van der Waals surface area contributed by atoms with Crippen LogP contribution in [0, 0.1) is 11.3 Å². The van der Waals surface area contributed by atoms with E-state index in [1.165, 1.54) is 12.8 Å². The molecule has 1 aliphatic rings. The van der Waals surface area contributed by atoms with E-state index in [0.717, 1.165) is 6.42 Å². The Bertz CT molecular complexity index is 196. The summed E-state index contributed by atoms with van der Waals surface area (Å²) >= 11 is 0. The number of hydrogen-bond acceptors (Lipinski definition) is 1. The van der Waals surface area contributed by atoms with Crippen molar-refractivity contribution >= 4 is 5.91 Å². The van der Waals surface area contributed by atoms with Gasteiger partial charge in [0.25, 0.3) is 0 Å². The van der Waals surface area contributed by atoms with Gasteiger partial charge >= 0.3 is 0 Å². The minimum Gasteiger partial charge on any atom is -0.354 e. The van der Waals surface area contributed by atoms with E-state index in [-0.39, 0.29) is 23.3 Å². The van der Waals surface area contributed by atoms with Crippen LogP contribution in [0.5, 0.6) is 0 Å². The fraction of sp³-hybridized carbons (Fsp3) is 0.909. The lowest BCUT2D eigenvalue weighted by molar-refractivity contribution is -0.128. The Kier molecular flexibility index (Phi) is 2.99. The number of nitrogens with one attached hydrogen (secondary N) is 1. The fourth-order valence-electron chi connectivity index (χ4n) is 2.20. The highest BCUT2D eigenvalue weighted by Crippen LogP contribution is 2.42. The van der Waals surface area contributed by atoms with Gasteiger partial charge in [0.15, 0.2) is 0 Å². The smallest absolute Gasteiger partial charge is 0.223 e. The molecule has 0 aliphatic heterocycles. The molecule has 1 rings (SSSR count). The van der Waals surface area contributed by atoms with Crippen molar-refractivity contribution in [2.24, 2.45) is 11.3 Å². The first-order valence-electron chi connectivity index (χ1n) is 5.24. The van der Waals surface area contributed by atoms with Crippen molar-refractivity contribution in [1.29, 1.82) is 0 Å². The Morgan fingerprint density at radius 3 is 2.46 bits per heavy atom. The first-order valence-corrected chi connectivity index (χ1v) is 5.24. The first-order chi connectivity index (χ1) is 5.93. The van der Waals surface area contributed by atoms with Gasteiger partial charge in [-0.25, -0.2) is 0 Å². The van der Waals surface area contributed by atoms with Gasteiger partial charge in [0, 0.05) is 12.0 Å². The van der Waals surface area contributed by atoms with Crippen molar-refractivity contribution in [3.05, 3.63) is 0 Å². The fourth-order valence-corrected chi connectivity index (χ4v) is 2.20. The van der Waals surface area contributed by atoms with Crippen LogP contribution in [0.15, 0.2) is 0 Å². The molecule has 2 heteroatoms. The Balaban J connectivity index is 2.56. The second kappa shape index (κ2) is 3.69. The van der Waals surface area contributed by atoms with E-state index in [4.69, 9.17) is 0 Å². The van der Waals surface area contributed by atoms with Gasteiger partial charge < -0.3 is 5.32 Å². The van der Waals surface area contributed by atoms with Crippen LogP contribution >= 0.6 is 0 Å². The van der Waals surface area contributed by atoms with Crippen LogP contribution in [0.2, 0.25) is 0 Å². The molecule has 0 heterocycles. The molecule has 1 atom stereocenters. The molecule has 1 aliphatic carbocycles. The summed E-state index contributed by atoms with van der Waals surface area (Å²) in [6.45, 7) is 8.43. The third kappa shape index (κ3) is 2.45. The molecule has 1 amide bonds. The standard InChI is InChI=1S/C11H21NO/c1-8(2)12-10(13)9-6-5-7-11(9,3)4/h8-9H,5-7H2,1-4H3,(H,12,13). The molecule has 2 nitrogen and oxygen atoms in total. The zero-order valence-electron chi connectivity index (χ0n) is 9.18. The van der Waals surface area contributed by atoms with Gasteiger partial charge in [0.1, 0.15) is 0 Å². The van der Waals surface area contributed by atoms with Gasteiger partial charge in [-0.1, -0.05) is 20.3 Å². The number of hydrogen-bond donors (Lipinski definition) is 1. The molecule has 1 unspecified atom stereocenters. The van der Waals surface area contributed by atoms with E-state index in [1.807, 2.05) is 13.8 Å². The molecule has 0 bridgehead atoms. The van der Waals surface area contributed by atoms with Gasteiger partial charge in [-0.05, 0) is 32.1 Å². The molecule has 1 fully saturated rings. The van der Waals surface area contributed by atoms with Gasteiger partial charge in [-0.2, -0.15) is 0 Å². The Morgan fingerprint density at radius 2 is 2.08 bits per heavy atom. The summed E-state index contributed by atoms with van der Waals surface area (Å²) in [6, 6.07) is 0.268. The minimum absolute atomic E-state index is 0.207. The second-order valence-corrected chi connectivity index (χ2v) is 5.10. The summed E-state index contributed by atoms with van der Waals surface area (Å²) in [5.41, 5.74) is 0.207. The predicted octanol–water partition coefficient (Wildman–Crippen LogP) is 2.34. The SMILES string of the molecule is CC(C)NC(=O)C1CCCC1(C)C. The number of carbonyl (C=O) groups is 1. The lowest BCUT2D eigenvalue weighted by Gasteiger charge is -2.26. The minimum atomic E-state index is 0.207. The van der Waals surface area contributed by atoms with Gasteiger partial charge in [-0.3, -0.25) is 4.79 Å². The summed E-state index contributed by atoms with van der Waals surface area (Å²) < 4.78 is 0. The van der Waals surface area contributed by atoms with E-state index in [0.29, 0.717) is 0 Å². The molecule has 0 radical (unpaired) electrons. The van der Waals surface area contributed by atoms with E-state index in [2.05, 4.69) is 19.2 Å². The van der Waals surface area contributed by atoms with Crippen molar-refractivity contribution in [1.82, 2.24) is 5.32 Å². The van der Waals surface area contributed by atoms with Crippen molar-refractivity contribution in [3.63, 3.8) is 0 Å². The molecular formula is C11H21NO. The predicted molar refractivity (Wildman–Crippen MR) is 54.4 cm³/mol. The van der Waals surface area contributed by atoms with E-state index >= 15 is 0 Å². The monoisotopic (exact) mass is 183 g/mol.